The Hall–Kier alpha value is -2.94. The van der Waals surface area contributed by atoms with Crippen LogP contribution in [0.25, 0.3) is 0 Å². The van der Waals surface area contributed by atoms with E-state index in [1.54, 1.807) is 0 Å². The molecule has 126 valence electrons. The van der Waals surface area contributed by atoms with Crippen molar-refractivity contribution in [3.63, 3.8) is 0 Å². The first kappa shape index (κ1) is 15.9. The number of carbonyl (C=O) groups is 2. The van der Waals surface area contributed by atoms with Crippen LogP contribution in [0.1, 0.15) is 5.56 Å². The van der Waals surface area contributed by atoms with Gasteiger partial charge >= 0.3 is 6.09 Å². The molecule has 1 saturated heterocycles. The van der Waals surface area contributed by atoms with Gasteiger partial charge in [0.15, 0.2) is 6.29 Å². The van der Waals surface area contributed by atoms with Gasteiger partial charge in [0.2, 0.25) is 0 Å². The molecule has 0 bridgehead atoms. The minimum Gasteiger partial charge on any atom is -0.444 e. The predicted molar refractivity (Wildman–Crippen MR) is 82.6 cm³/mol. The molecule has 1 amide bonds. The lowest BCUT2D eigenvalue weighted by atomic mass is 10.2. The van der Waals surface area contributed by atoms with Crippen LogP contribution in [-0.2, 0) is 16.1 Å². The molecule has 9 nitrogen and oxygen atoms in total. The number of nitro groups is 1. The molecule has 1 atom stereocenters. The van der Waals surface area contributed by atoms with Crippen molar-refractivity contribution in [2.75, 3.05) is 19.6 Å². The Morgan fingerprint density at radius 2 is 2.17 bits per heavy atom. The van der Waals surface area contributed by atoms with Crippen molar-refractivity contribution in [2.24, 2.45) is 0 Å². The smallest absolute Gasteiger partial charge is 0.415 e. The van der Waals surface area contributed by atoms with Crippen LogP contribution in [0, 0.1) is 10.1 Å². The molecule has 3 rings (SSSR count). The van der Waals surface area contributed by atoms with Gasteiger partial charge in [0, 0.05) is 38.0 Å². The molecule has 1 aromatic carbocycles. The minimum atomic E-state index is -0.566. The number of nitrogens with zero attached hydrogens (tertiary/aromatic N) is 3. The fourth-order valence-corrected chi connectivity index (χ4v) is 2.75. The highest BCUT2D eigenvalue weighted by atomic mass is 16.6. The van der Waals surface area contributed by atoms with Crippen LogP contribution in [-0.4, -0.2) is 52.9 Å². The van der Waals surface area contributed by atoms with Gasteiger partial charge in [-0.05, 0) is 17.7 Å². The van der Waals surface area contributed by atoms with Crippen LogP contribution in [0.15, 0.2) is 36.2 Å². The summed E-state index contributed by atoms with van der Waals surface area (Å²) in [4.78, 5) is 36.8. The van der Waals surface area contributed by atoms with Gasteiger partial charge in [-0.15, -0.1) is 0 Å². The molecule has 0 spiro atoms. The van der Waals surface area contributed by atoms with E-state index in [1.807, 2.05) is 4.90 Å². The lowest BCUT2D eigenvalue weighted by Gasteiger charge is -2.35. The van der Waals surface area contributed by atoms with Crippen molar-refractivity contribution in [2.45, 2.75) is 12.8 Å². The van der Waals surface area contributed by atoms with Crippen LogP contribution in [0.5, 0.6) is 0 Å². The van der Waals surface area contributed by atoms with Gasteiger partial charge in [-0.2, -0.15) is 0 Å². The molecule has 2 heterocycles. The van der Waals surface area contributed by atoms with E-state index in [0.29, 0.717) is 24.4 Å². The Kier molecular flexibility index (Phi) is 4.43. The first-order chi connectivity index (χ1) is 11.6. The molecule has 9 heteroatoms. The number of fused-ring (bicyclic) bond motifs is 1. The Morgan fingerprint density at radius 3 is 2.83 bits per heavy atom. The number of ether oxygens (including phenoxy) is 1. The van der Waals surface area contributed by atoms with Crippen LogP contribution in [0.3, 0.4) is 0 Å². The summed E-state index contributed by atoms with van der Waals surface area (Å²) in [5, 5.41) is 13.8. The third-order valence-corrected chi connectivity index (χ3v) is 3.98. The maximum Gasteiger partial charge on any atom is 0.415 e. The maximum absolute atomic E-state index is 12.3. The molecular formula is C15H16N4O5. The molecule has 2 aliphatic heterocycles. The number of allylic oxidation sites excluding steroid dienone is 1. The molecule has 0 saturated carbocycles. The number of non-ortho nitro benzene ring substituents is 1. The first-order valence-electron chi connectivity index (χ1n) is 7.43. The number of nitro benzene ring substituents is 1. The topological polar surface area (TPSA) is 105 Å². The Morgan fingerprint density at radius 1 is 1.42 bits per heavy atom. The van der Waals surface area contributed by atoms with Crippen molar-refractivity contribution in [3.8, 4) is 0 Å². The predicted octanol–water partition coefficient (Wildman–Crippen LogP) is 0.819. The fourth-order valence-electron chi connectivity index (χ4n) is 2.75. The standard InChI is InChI=1S/C15H16N4O5/c20-9-13-8-18(14-7-16-5-6-17(13)14)15(21)24-10-11-1-3-12(4-2-11)19(22)23/h1-4,8-9,14,16H,5-7,10H2. The highest BCUT2D eigenvalue weighted by molar-refractivity contribution is 5.78. The van der Waals surface area contributed by atoms with Gasteiger partial charge in [0.1, 0.15) is 12.8 Å². The number of hydrogen-bond acceptors (Lipinski definition) is 7. The molecular weight excluding hydrogens is 316 g/mol. The van der Waals surface area contributed by atoms with Crippen molar-refractivity contribution in [1.82, 2.24) is 15.1 Å². The van der Waals surface area contributed by atoms with Gasteiger partial charge in [-0.3, -0.25) is 19.8 Å². The van der Waals surface area contributed by atoms with Crippen LogP contribution >= 0.6 is 0 Å². The summed E-state index contributed by atoms with van der Waals surface area (Å²) in [6.45, 7) is 1.92. The first-order valence-corrected chi connectivity index (χ1v) is 7.43. The number of nitrogens with one attached hydrogen (secondary N) is 1. The number of piperazine rings is 1. The molecule has 2 aliphatic rings. The molecule has 1 aromatic rings. The second-order valence-electron chi connectivity index (χ2n) is 5.44. The number of carbonyl (C=O) groups excluding carboxylic acids is 2. The Balaban J connectivity index is 1.63. The average molecular weight is 332 g/mol. The molecule has 0 aromatic heterocycles. The highest BCUT2D eigenvalue weighted by Crippen LogP contribution is 2.24. The van der Waals surface area contributed by atoms with Crippen molar-refractivity contribution >= 4 is 18.1 Å². The fraction of sp³-hybridized carbons (Fsp3) is 0.333. The Bertz CT molecular complexity index is 688. The number of aldehydes is 1. The van der Waals surface area contributed by atoms with E-state index in [4.69, 9.17) is 4.74 Å². The zero-order valence-corrected chi connectivity index (χ0v) is 12.8. The van der Waals surface area contributed by atoms with Crippen LogP contribution in [0.4, 0.5) is 10.5 Å². The molecule has 1 fully saturated rings. The maximum atomic E-state index is 12.3. The molecule has 24 heavy (non-hydrogen) atoms. The van der Waals surface area contributed by atoms with Gasteiger partial charge in [0.05, 0.1) is 10.6 Å². The molecule has 0 aliphatic carbocycles. The second kappa shape index (κ2) is 6.67. The van der Waals surface area contributed by atoms with E-state index in [2.05, 4.69) is 5.32 Å². The van der Waals surface area contributed by atoms with Gasteiger partial charge in [0.25, 0.3) is 5.69 Å². The number of rotatable bonds is 4. The summed E-state index contributed by atoms with van der Waals surface area (Å²) in [7, 11) is 0. The largest absolute Gasteiger partial charge is 0.444 e. The van der Waals surface area contributed by atoms with Crippen LogP contribution < -0.4 is 5.32 Å². The number of benzene rings is 1. The molecule has 1 N–H and O–H groups in total. The zero-order chi connectivity index (χ0) is 17.1. The van der Waals surface area contributed by atoms with E-state index >= 15 is 0 Å². The van der Waals surface area contributed by atoms with Crippen molar-refractivity contribution in [1.29, 1.82) is 0 Å². The molecule has 1 unspecified atom stereocenters. The third kappa shape index (κ3) is 3.06. The van der Waals surface area contributed by atoms with Crippen molar-refractivity contribution in [3.05, 3.63) is 51.8 Å². The van der Waals surface area contributed by atoms with Gasteiger partial charge < -0.3 is 15.0 Å². The van der Waals surface area contributed by atoms with Crippen molar-refractivity contribution < 1.29 is 19.2 Å². The summed E-state index contributed by atoms with van der Waals surface area (Å²) >= 11 is 0. The number of hydrogen-bond donors (Lipinski definition) is 1. The summed E-state index contributed by atoms with van der Waals surface area (Å²) in [5.41, 5.74) is 1.08. The second-order valence-corrected chi connectivity index (χ2v) is 5.44. The van der Waals surface area contributed by atoms with E-state index < -0.39 is 11.0 Å². The zero-order valence-electron chi connectivity index (χ0n) is 12.8. The highest BCUT2D eigenvalue weighted by Gasteiger charge is 2.37. The van der Waals surface area contributed by atoms with Gasteiger partial charge in [-0.1, -0.05) is 0 Å². The van der Waals surface area contributed by atoms with E-state index in [0.717, 1.165) is 12.8 Å². The van der Waals surface area contributed by atoms with E-state index in [1.165, 1.54) is 35.4 Å². The Labute approximate surface area is 137 Å². The molecule has 0 radical (unpaired) electrons. The summed E-state index contributed by atoms with van der Waals surface area (Å²) in [6.07, 6.45) is 1.37. The SMILES string of the molecule is O=CC1=CN(C(=O)OCc2ccc([N+](=O)[O-])cc2)C2CNCCN12. The minimum absolute atomic E-state index is 0.00224. The lowest BCUT2D eigenvalue weighted by Crippen LogP contribution is -2.54. The normalized spacial score (nSPS) is 19.5. The van der Waals surface area contributed by atoms with Crippen LogP contribution in [0.2, 0.25) is 0 Å². The summed E-state index contributed by atoms with van der Waals surface area (Å²) in [5.74, 6) is 0. The van der Waals surface area contributed by atoms with E-state index in [9.17, 15) is 19.7 Å². The lowest BCUT2D eigenvalue weighted by molar-refractivity contribution is -0.384. The quantitative estimate of drug-likeness (QED) is 0.494. The summed E-state index contributed by atoms with van der Waals surface area (Å²) < 4.78 is 5.26. The average Bonchev–Trinajstić information content (AvgIpc) is 2.99. The number of amides is 1. The van der Waals surface area contributed by atoms with Gasteiger partial charge in [-0.25, -0.2) is 4.79 Å². The summed E-state index contributed by atoms with van der Waals surface area (Å²) in [6, 6.07) is 5.79. The third-order valence-electron chi connectivity index (χ3n) is 3.98. The monoisotopic (exact) mass is 332 g/mol. The van der Waals surface area contributed by atoms with E-state index in [-0.39, 0.29) is 18.5 Å².